The largest absolute Gasteiger partial charge is 0.381 e. The fraction of sp³-hybridized carbons (Fsp3) is 0.333. The molecule has 25 heavy (non-hydrogen) atoms. The molecule has 0 amide bonds. The molecular formula is C18H22N2O4S. The van der Waals surface area contributed by atoms with E-state index >= 15 is 0 Å². The number of hydrogen-bond acceptors (Lipinski definition) is 5. The summed E-state index contributed by atoms with van der Waals surface area (Å²) in [4.78, 5) is 10.0. The van der Waals surface area contributed by atoms with Crippen LogP contribution in [0.4, 0.5) is 11.4 Å². The fourth-order valence-corrected chi connectivity index (χ4v) is 3.26. The zero-order valence-electron chi connectivity index (χ0n) is 14.7. The molecule has 0 saturated carbocycles. The van der Waals surface area contributed by atoms with Crippen molar-refractivity contribution in [3.63, 3.8) is 0 Å². The van der Waals surface area contributed by atoms with Gasteiger partial charge in [0.2, 0.25) is 0 Å². The lowest BCUT2D eigenvalue weighted by atomic mass is 9.87. The summed E-state index contributed by atoms with van der Waals surface area (Å²) in [6.07, 6.45) is 0.963. The SMILES string of the molecule is CC(C)(C)c1ccc(CNc2ccc([N+](=O)[O-])c(S(C)(=O)=O)c2)cc1. The number of anilines is 1. The average molecular weight is 362 g/mol. The van der Waals surface area contributed by atoms with E-state index in [2.05, 4.69) is 38.2 Å². The molecule has 2 rings (SSSR count). The Bertz CT molecular complexity index is 882. The van der Waals surface area contributed by atoms with Gasteiger partial charge in [0.25, 0.3) is 5.69 Å². The minimum absolute atomic E-state index is 0.0781. The summed E-state index contributed by atoms with van der Waals surface area (Å²) in [5.74, 6) is 0. The number of rotatable bonds is 5. The summed E-state index contributed by atoms with van der Waals surface area (Å²) in [5.41, 5.74) is 2.45. The molecule has 0 saturated heterocycles. The molecular weight excluding hydrogens is 340 g/mol. The Morgan fingerprint density at radius 2 is 1.68 bits per heavy atom. The Morgan fingerprint density at radius 1 is 1.08 bits per heavy atom. The molecule has 0 atom stereocenters. The first-order valence-corrected chi connectivity index (χ1v) is 9.69. The molecule has 2 aromatic rings. The number of nitrogens with one attached hydrogen (secondary N) is 1. The molecule has 7 heteroatoms. The first kappa shape index (κ1) is 18.9. The smallest absolute Gasteiger partial charge is 0.288 e. The molecule has 0 fully saturated rings. The van der Waals surface area contributed by atoms with Crippen LogP contribution in [0.2, 0.25) is 0 Å². The van der Waals surface area contributed by atoms with Crippen molar-refractivity contribution in [2.24, 2.45) is 0 Å². The maximum absolute atomic E-state index is 11.8. The van der Waals surface area contributed by atoms with Gasteiger partial charge in [0, 0.05) is 24.6 Å². The lowest BCUT2D eigenvalue weighted by molar-refractivity contribution is -0.387. The predicted molar refractivity (Wildman–Crippen MR) is 98.7 cm³/mol. The van der Waals surface area contributed by atoms with Gasteiger partial charge in [0.1, 0.15) is 4.90 Å². The van der Waals surface area contributed by atoms with E-state index in [0.29, 0.717) is 12.2 Å². The number of nitro groups is 1. The van der Waals surface area contributed by atoms with Gasteiger partial charge in [-0.15, -0.1) is 0 Å². The third kappa shape index (κ3) is 4.79. The summed E-state index contributed by atoms with van der Waals surface area (Å²) < 4.78 is 23.6. The van der Waals surface area contributed by atoms with Crippen molar-refractivity contribution in [3.05, 3.63) is 63.7 Å². The third-order valence-corrected chi connectivity index (χ3v) is 5.00. The van der Waals surface area contributed by atoms with Crippen LogP contribution in [0.1, 0.15) is 31.9 Å². The van der Waals surface area contributed by atoms with Gasteiger partial charge in [-0.05, 0) is 28.7 Å². The molecule has 0 bridgehead atoms. The highest BCUT2D eigenvalue weighted by Gasteiger charge is 2.22. The first-order valence-electron chi connectivity index (χ1n) is 7.80. The molecule has 134 valence electrons. The monoisotopic (exact) mass is 362 g/mol. The van der Waals surface area contributed by atoms with Gasteiger partial charge < -0.3 is 5.32 Å². The topological polar surface area (TPSA) is 89.3 Å². The third-order valence-electron chi connectivity index (χ3n) is 3.87. The summed E-state index contributed by atoms with van der Waals surface area (Å²) >= 11 is 0. The normalized spacial score (nSPS) is 12.0. The molecule has 0 aliphatic rings. The van der Waals surface area contributed by atoms with Crippen molar-refractivity contribution in [3.8, 4) is 0 Å². The van der Waals surface area contributed by atoms with Crippen LogP contribution in [0.15, 0.2) is 47.4 Å². The highest BCUT2D eigenvalue weighted by molar-refractivity contribution is 7.90. The molecule has 1 N–H and O–H groups in total. The van der Waals surface area contributed by atoms with Crippen LogP contribution < -0.4 is 5.32 Å². The second kappa shape index (κ2) is 6.84. The van der Waals surface area contributed by atoms with E-state index in [1.165, 1.54) is 23.8 Å². The highest BCUT2D eigenvalue weighted by Crippen LogP contribution is 2.27. The van der Waals surface area contributed by atoms with Gasteiger partial charge in [0.05, 0.1) is 4.92 Å². The van der Waals surface area contributed by atoms with E-state index in [1.807, 2.05) is 12.1 Å². The number of nitrogens with zero attached hydrogens (tertiary/aromatic N) is 1. The van der Waals surface area contributed by atoms with Crippen molar-refractivity contribution in [2.75, 3.05) is 11.6 Å². The quantitative estimate of drug-likeness (QED) is 0.643. The van der Waals surface area contributed by atoms with E-state index in [-0.39, 0.29) is 10.3 Å². The van der Waals surface area contributed by atoms with E-state index in [9.17, 15) is 18.5 Å². The van der Waals surface area contributed by atoms with Crippen molar-refractivity contribution < 1.29 is 13.3 Å². The van der Waals surface area contributed by atoms with Crippen LogP contribution >= 0.6 is 0 Å². The van der Waals surface area contributed by atoms with Gasteiger partial charge in [0.15, 0.2) is 9.84 Å². The summed E-state index contributed by atoms with van der Waals surface area (Å²) in [6.45, 7) is 6.92. The number of sulfone groups is 1. The van der Waals surface area contributed by atoms with Crippen LogP contribution in [0.3, 0.4) is 0 Å². The molecule has 0 unspecified atom stereocenters. The van der Waals surface area contributed by atoms with Crippen LogP contribution in [0, 0.1) is 10.1 Å². The summed E-state index contributed by atoms with van der Waals surface area (Å²) in [7, 11) is -3.69. The van der Waals surface area contributed by atoms with E-state index < -0.39 is 20.4 Å². The molecule has 0 heterocycles. The summed E-state index contributed by atoms with van der Waals surface area (Å²) in [6, 6.07) is 12.2. The zero-order valence-corrected chi connectivity index (χ0v) is 15.6. The lowest BCUT2D eigenvalue weighted by Crippen LogP contribution is -2.11. The molecule has 0 aliphatic heterocycles. The van der Waals surface area contributed by atoms with Crippen LogP contribution in [0.5, 0.6) is 0 Å². The molecule has 0 aliphatic carbocycles. The number of benzene rings is 2. The number of hydrogen-bond donors (Lipinski definition) is 1. The maximum atomic E-state index is 11.8. The van der Waals surface area contributed by atoms with Gasteiger partial charge in [-0.2, -0.15) is 0 Å². The van der Waals surface area contributed by atoms with E-state index in [0.717, 1.165) is 11.8 Å². The minimum atomic E-state index is -3.69. The molecule has 0 radical (unpaired) electrons. The van der Waals surface area contributed by atoms with Crippen LogP contribution in [-0.4, -0.2) is 19.6 Å². The highest BCUT2D eigenvalue weighted by atomic mass is 32.2. The fourth-order valence-electron chi connectivity index (χ4n) is 2.40. The minimum Gasteiger partial charge on any atom is -0.381 e. The predicted octanol–water partition coefficient (Wildman–Crippen LogP) is 3.91. The average Bonchev–Trinajstić information content (AvgIpc) is 2.51. The van der Waals surface area contributed by atoms with Crippen molar-refractivity contribution >= 4 is 21.2 Å². The van der Waals surface area contributed by atoms with Crippen LogP contribution in [-0.2, 0) is 21.8 Å². The molecule has 0 spiro atoms. The summed E-state index contributed by atoms with van der Waals surface area (Å²) in [5, 5.41) is 14.1. The lowest BCUT2D eigenvalue weighted by Gasteiger charge is -2.19. The standard InChI is InChI=1S/C18H22N2O4S/c1-18(2,3)14-7-5-13(6-8-14)12-19-15-9-10-16(20(21)22)17(11-15)25(4,23)24/h5-11,19H,12H2,1-4H3. The van der Waals surface area contributed by atoms with Gasteiger partial charge in [-0.3, -0.25) is 10.1 Å². The van der Waals surface area contributed by atoms with Gasteiger partial charge >= 0.3 is 0 Å². The Morgan fingerprint density at radius 3 is 2.16 bits per heavy atom. The second-order valence-electron chi connectivity index (χ2n) is 7.01. The second-order valence-corrected chi connectivity index (χ2v) is 9.00. The zero-order chi connectivity index (χ0) is 18.8. The van der Waals surface area contributed by atoms with Gasteiger partial charge in [-0.25, -0.2) is 8.42 Å². The Hall–Kier alpha value is -2.41. The van der Waals surface area contributed by atoms with Crippen molar-refractivity contribution in [1.82, 2.24) is 0 Å². The van der Waals surface area contributed by atoms with E-state index in [4.69, 9.17) is 0 Å². The Labute approximate surface area is 148 Å². The van der Waals surface area contributed by atoms with Gasteiger partial charge in [-0.1, -0.05) is 45.0 Å². The Balaban J connectivity index is 2.20. The van der Waals surface area contributed by atoms with E-state index in [1.54, 1.807) is 0 Å². The molecule has 0 aromatic heterocycles. The molecule has 6 nitrogen and oxygen atoms in total. The maximum Gasteiger partial charge on any atom is 0.288 e. The Kier molecular flexibility index (Phi) is 5.17. The van der Waals surface area contributed by atoms with Crippen molar-refractivity contribution in [1.29, 1.82) is 0 Å². The first-order chi connectivity index (χ1) is 11.5. The molecule has 2 aromatic carbocycles. The van der Waals surface area contributed by atoms with Crippen LogP contribution in [0.25, 0.3) is 0 Å². The van der Waals surface area contributed by atoms with Crippen molar-refractivity contribution in [2.45, 2.75) is 37.6 Å². The number of nitro benzene ring substituents is 1.